The SMILES string of the molecule is OCC1CCC(NCC2CC3C=CC2C3)CC1. The maximum atomic E-state index is 9.12. The zero-order valence-corrected chi connectivity index (χ0v) is 10.6. The average molecular weight is 235 g/mol. The average Bonchev–Trinajstić information content (AvgIpc) is 2.99. The van der Waals surface area contributed by atoms with Crippen molar-refractivity contribution in [1.82, 2.24) is 5.32 Å². The van der Waals surface area contributed by atoms with Crippen LogP contribution in [0, 0.1) is 23.7 Å². The molecule has 0 aromatic heterocycles. The molecule has 3 unspecified atom stereocenters. The molecule has 3 aliphatic carbocycles. The van der Waals surface area contributed by atoms with Crippen LogP contribution in [0.1, 0.15) is 38.5 Å². The lowest BCUT2D eigenvalue weighted by atomic mass is 9.86. The Labute approximate surface area is 104 Å². The second-order valence-electron chi connectivity index (χ2n) is 6.35. The largest absolute Gasteiger partial charge is 0.396 e. The van der Waals surface area contributed by atoms with Gasteiger partial charge >= 0.3 is 0 Å². The summed E-state index contributed by atoms with van der Waals surface area (Å²) in [6.07, 6.45) is 12.7. The van der Waals surface area contributed by atoms with Crippen molar-refractivity contribution in [2.75, 3.05) is 13.2 Å². The van der Waals surface area contributed by atoms with Crippen molar-refractivity contribution in [3.63, 3.8) is 0 Å². The fourth-order valence-electron chi connectivity index (χ4n) is 4.00. The number of nitrogens with one attached hydrogen (secondary N) is 1. The van der Waals surface area contributed by atoms with Crippen LogP contribution in [0.5, 0.6) is 0 Å². The third kappa shape index (κ3) is 2.58. The van der Waals surface area contributed by atoms with Crippen molar-refractivity contribution in [2.45, 2.75) is 44.6 Å². The van der Waals surface area contributed by atoms with E-state index in [4.69, 9.17) is 5.11 Å². The zero-order valence-electron chi connectivity index (χ0n) is 10.6. The van der Waals surface area contributed by atoms with Gasteiger partial charge in [0.15, 0.2) is 0 Å². The summed E-state index contributed by atoms with van der Waals surface area (Å²) in [6, 6.07) is 0.723. The summed E-state index contributed by atoms with van der Waals surface area (Å²) in [4.78, 5) is 0. The third-order valence-corrected chi connectivity index (χ3v) is 5.19. The maximum absolute atomic E-state index is 9.12. The first-order chi connectivity index (χ1) is 8.35. The summed E-state index contributed by atoms with van der Waals surface area (Å²) < 4.78 is 0. The first kappa shape index (κ1) is 11.7. The molecule has 2 nitrogen and oxygen atoms in total. The molecule has 96 valence electrons. The number of rotatable bonds is 4. The van der Waals surface area contributed by atoms with Crippen LogP contribution in [0.4, 0.5) is 0 Å². The molecular weight excluding hydrogens is 210 g/mol. The van der Waals surface area contributed by atoms with Gasteiger partial charge in [0.1, 0.15) is 0 Å². The fraction of sp³-hybridized carbons (Fsp3) is 0.867. The second-order valence-corrected chi connectivity index (χ2v) is 6.35. The molecule has 0 aromatic carbocycles. The Morgan fingerprint density at radius 3 is 2.47 bits per heavy atom. The monoisotopic (exact) mass is 235 g/mol. The Balaban J connectivity index is 1.39. The van der Waals surface area contributed by atoms with E-state index in [1.807, 2.05) is 0 Å². The third-order valence-electron chi connectivity index (χ3n) is 5.19. The minimum atomic E-state index is 0.393. The Kier molecular flexibility index (Phi) is 3.53. The summed E-state index contributed by atoms with van der Waals surface area (Å²) in [5.74, 6) is 3.26. The van der Waals surface area contributed by atoms with Crippen LogP contribution in [0.2, 0.25) is 0 Å². The van der Waals surface area contributed by atoms with Crippen molar-refractivity contribution < 1.29 is 5.11 Å². The Morgan fingerprint density at radius 1 is 1.06 bits per heavy atom. The molecule has 3 atom stereocenters. The number of fused-ring (bicyclic) bond motifs is 2. The van der Waals surface area contributed by atoms with Gasteiger partial charge in [-0.25, -0.2) is 0 Å². The van der Waals surface area contributed by atoms with E-state index >= 15 is 0 Å². The lowest BCUT2D eigenvalue weighted by Gasteiger charge is -2.30. The van der Waals surface area contributed by atoms with Crippen LogP contribution >= 0.6 is 0 Å². The molecule has 0 spiro atoms. The van der Waals surface area contributed by atoms with Crippen LogP contribution in [0.25, 0.3) is 0 Å². The topological polar surface area (TPSA) is 32.3 Å². The van der Waals surface area contributed by atoms with Crippen molar-refractivity contribution in [2.24, 2.45) is 23.7 Å². The normalized spacial score (nSPS) is 44.4. The van der Waals surface area contributed by atoms with Crippen molar-refractivity contribution >= 4 is 0 Å². The van der Waals surface area contributed by atoms with Gasteiger partial charge in [0.25, 0.3) is 0 Å². The molecule has 0 heterocycles. The number of hydrogen-bond acceptors (Lipinski definition) is 2. The minimum Gasteiger partial charge on any atom is -0.396 e. The van der Waals surface area contributed by atoms with Gasteiger partial charge in [-0.15, -0.1) is 0 Å². The number of hydrogen-bond donors (Lipinski definition) is 2. The van der Waals surface area contributed by atoms with Gasteiger partial charge in [-0.05, 0) is 68.7 Å². The van der Waals surface area contributed by atoms with E-state index in [0.29, 0.717) is 12.5 Å². The van der Waals surface area contributed by atoms with Gasteiger partial charge in [0.2, 0.25) is 0 Å². The van der Waals surface area contributed by atoms with Crippen molar-refractivity contribution in [1.29, 1.82) is 0 Å². The zero-order chi connectivity index (χ0) is 11.7. The first-order valence-electron chi connectivity index (χ1n) is 7.37. The van der Waals surface area contributed by atoms with Gasteiger partial charge in [0.05, 0.1) is 0 Å². The molecule has 2 saturated carbocycles. The van der Waals surface area contributed by atoms with Gasteiger partial charge in [-0.2, -0.15) is 0 Å². The molecule has 2 N–H and O–H groups in total. The Bertz CT molecular complexity index is 281. The molecule has 0 aromatic rings. The summed E-state index contributed by atoms with van der Waals surface area (Å²) in [5, 5.41) is 12.9. The molecule has 0 radical (unpaired) electrons. The van der Waals surface area contributed by atoms with Gasteiger partial charge in [0, 0.05) is 12.6 Å². The smallest absolute Gasteiger partial charge is 0.0459 e. The van der Waals surface area contributed by atoms with E-state index in [1.165, 1.54) is 45.1 Å². The molecule has 3 rings (SSSR count). The number of aliphatic hydroxyl groups excluding tert-OH is 1. The molecular formula is C15H25NO. The molecule has 2 fully saturated rings. The summed E-state index contributed by atoms with van der Waals surface area (Å²) in [5.41, 5.74) is 0. The van der Waals surface area contributed by atoms with Crippen molar-refractivity contribution in [3.05, 3.63) is 12.2 Å². The van der Waals surface area contributed by atoms with Crippen LogP contribution < -0.4 is 5.32 Å². The molecule has 2 heteroatoms. The quantitative estimate of drug-likeness (QED) is 0.733. The maximum Gasteiger partial charge on any atom is 0.0459 e. The molecule has 3 aliphatic rings. The van der Waals surface area contributed by atoms with Gasteiger partial charge in [-0.3, -0.25) is 0 Å². The predicted molar refractivity (Wildman–Crippen MR) is 69.7 cm³/mol. The van der Waals surface area contributed by atoms with E-state index in [1.54, 1.807) is 0 Å². The highest BCUT2D eigenvalue weighted by Crippen LogP contribution is 2.43. The molecule has 2 bridgehead atoms. The summed E-state index contributed by atoms with van der Waals surface area (Å²) in [6.45, 7) is 1.61. The van der Waals surface area contributed by atoms with E-state index in [0.717, 1.165) is 23.8 Å². The molecule has 17 heavy (non-hydrogen) atoms. The lowest BCUT2D eigenvalue weighted by Crippen LogP contribution is -2.37. The van der Waals surface area contributed by atoms with E-state index in [9.17, 15) is 0 Å². The standard InChI is InChI=1S/C15H25NO/c17-10-11-2-5-15(6-3-11)16-9-14-8-12-1-4-13(14)7-12/h1,4,11-17H,2-3,5-10H2. The molecule has 0 aliphatic heterocycles. The lowest BCUT2D eigenvalue weighted by molar-refractivity contribution is 0.173. The number of allylic oxidation sites excluding steroid dienone is 2. The highest BCUT2D eigenvalue weighted by Gasteiger charge is 2.35. The highest BCUT2D eigenvalue weighted by atomic mass is 16.3. The van der Waals surface area contributed by atoms with E-state index in [-0.39, 0.29) is 0 Å². The van der Waals surface area contributed by atoms with Crippen molar-refractivity contribution in [3.8, 4) is 0 Å². The summed E-state index contributed by atoms with van der Waals surface area (Å²) >= 11 is 0. The minimum absolute atomic E-state index is 0.393. The predicted octanol–water partition coefficient (Wildman–Crippen LogP) is 2.34. The Hall–Kier alpha value is -0.340. The van der Waals surface area contributed by atoms with Crippen LogP contribution in [0.15, 0.2) is 12.2 Å². The van der Waals surface area contributed by atoms with Crippen LogP contribution in [-0.4, -0.2) is 24.3 Å². The number of aliphatic hydroxyl groups is 1. The van der Waals surface area contributed by atoms with Gasteiger partial charge < -0.3 is 10.4 Å². The fourth-order valence-corrected chi connectivity index (χ4v) is 4.00. The van der Waals surface area contributed by atoms with Crippen LogP contribution in [0.3, 0.4) is 0 Å². The Morgan fingerprint density at radius 2 is 1.88 bits per heavy atom. The van der Waals surface area contributed by atoms with E-state index < -0.39 is 0 Å². The van der Waals surface area contributed by atoms with Gasteiger partial charge in [-0.1, -0.05) is 12.2 Å². The first-order valence-corrected chi connectivity index (χ1v) is 7.37. The highest BCUT2D eigenvalue weighted by molar-refractivity contribution is 5.10. The molecule has 0 saturated heterocycles. The molecule has 0 amide bonds. The summed E-state index contributed by atoms with van der Waals surface area (Å²) in [7, 11) is 0. The van der Waals surface area contributed by atoms with E-state index in [2.05, 4.69) is 17.5 Å². The second kappa shape index (κ2) is 5.11. The van der Waals surface area contributed by atoms with Crippen LogP contribution in [-0.2, 0) is 0 Å².